The molecule has 0 aliphatic carbocycles. The molecule has 0 radical (unpaired) electrons. The first kappa shape index (κ1) is 37.9. The van der Waals surface area contributed by atoms with Gasteiger partial charge in [-0.2, -0.15) is 0 Å². The van der Waals surface area contributed by atoms with Gasteiger partial charge in [0.2, 0.25) is 0 Å². The minimum absolute atomic E-state index is 0.913. The average molecular weight is 881 g/mol. The van der Waals surface area contributed by atoms with Gasteiger partial charge in [0, 0.05) is 0 Å². The van der Waals surface area contributed by atoms with Crippen molar-refractivity contribution in [2.24, 2.45) is 14.1 Å². The summed E-state index contributed by atoms with van der Waals surface area (Å²) in [5, 5.41) is 5.36. The van der Waals surface area contributed by atoms with Crippen LogP contribution in [0.25, 0.3) is 0 Å². The summed E-state index contributed by atoms with van der Waals surface area (Å²) in [6.07, 6.45) is 4.36. The van der Waals surface area contributed by atoms with Crippen LogP contribution in [-0.2, 0) is 14.1 Å². The third-order valence-electron chi connectivity index (χ3n) is 7.61. The van der Waals surface area contributed by atoms with E-state index in [1.807, 2.05) is 41.4 Å². The molecule has 49 heavy (non-hydrogen) atoms. The second-order valence-corrected chi connectivity index (χ2v) is 27.4. The second kappa shape index (κ2) is 17.8. The van der Waals surface area contributed by atoms with Gasteiger partial charge in [0.05, 0.1) is 0 Å². The van der Waals surface area contributed by atoms with E-state index < -0.39 is 11.0 Å². The Labute approximate surface area is 323 Å². The molecule has 0 saturated carbocycles. The van der Waals surface area contributed by atoms with Gasteiger partial charge in [0.15, 0.2) is 0 Å². The van der Waals surface area contributed by atoms with Gasteiger partial charge < -0.3 is 0 Å². The van der Waals surface area contributed by atoms with E-state index in [9.17, 15) is 0 Å². The van der Waals surface area contributed by atoms with Crippen LogP contribution in [0.2, 0.25) is 0 Å². The van der Waals surface area contributed by atoms with Crippen LogP contribution in [-0.4, -0.2) is 39.3 Å². The molecule has 0 spiro atoms. The van der Waals surface area contributed by atoms with Crippen LogP contribution >= 0.6 is 58.1 Å². The van der Waals surface area contributed by atoms with Crippen molar-refractivity contribution in [1.82, 2.24) is 9.13 Å². The maximum absolute atomic E-state index is 5.43. The topological polar surface area (TPSA) is 9.86 Å². The van der Waals surface area contributed by atoms with Crippen molar-refractivity contribution in [3.63, 3.8) is 0 Å². The molecule has 10 heteroatoms. The molecule has 2 nitrogen and oxygen atoms in total. The summed E-state index contributed by atoms with van der Waals surface area (Å²) >= 11 is 21.4. The first-order valence-electron chi connectivity index (χ1n) is 15.4. The van der Waals surface area contributed by atoms with E-state index in [2.05, 4.69) is 183 Å². The van der Waals surface area contributed by atoms with Crippen LogP contribution in [0, 0.1) is 14.8 Å². The van der Waals surface area contributed by atoms with Gasteiger partial charge in [-0.1, -0.05) is 35.9 Å². The summed E-state index contributed by atoms with van der Waals surface area (Å²) in [6, 6.07) is 53.0. The number of aromatic nitrogens is 2. The molecular weight excluding hydrogens is 845 g/mol. The van der Waals surface area contributed by atoms with E-state index in [1.165, 1.54) is 36.0 Å². The SMILES string of the molecule is Cc1ccccc1.Cn1cc(P(=[Se])(c2ccccc2)c2ccccc2)sc1=S.Cn1cc(P(=[Se])(c2ccccc2)c2ccccc2)sc1=S. The van der Waals surface area contributed by atoms with Crippen molar-refractivity contribution in [2.45, 2.75) is 6.92 Å². The fourth-order valence-corrected chi connectivity index (χ4v) is 19.7. The third-order valence-corrected chi connectivity index (χ3v) is 27.4. The van der Waals surface area contributed by atoms with Gasteiger partial charge in [-0.25, -0.2) is 0 Å². The molecule has 0 fully saturated rings. The molecule has 0 N–H and O–H groups in total. The van der Waals surface area contributed by atoms with Crippen LogP contribution in [0.15, 0.2) is 164 Å². The quantitative estimate of drug-likeness (QED) is 0.0945. The van der Waals surface area contributed by atoms with Gasteiger partial charge in [-0.15, -0.1) is 0 Å². The Hall–Kier alpha value is -2.30. The van der Waals surface area contributed by atoms with Gasteiger partial charge in [0.1, 0.15) is 0 Å². The molecule has 0 atom stereocenters. The van der Waals surface area contributed by atoms with Crippen LogP contribution in [0.3, 0.4) is 0 Å². The molecule has 0 unspecified atom stereocenters. The first-order valence-corrected chi connectivity index (χ1v) is 25.9. The zero-order valence-corrected chi connectivity index (χ0v) is 35.8. The Kier molecular flexibility index (Phi) is 13.8. The molecule has 7 aromatic rings. The zero-order chi connectivity index (χ0) is 34.9. The summed E-state index contributed by atoms with van der Waals surface area (Å²) in [7, 11) is 4.03. The molecule has 0 saturated heterocycles. The molecule has 5 aromatic carbocycles. The Morgan fingerprint density at radius 1 is 0.449 bits per heavy atom. The Balaban J connectivity index is 0.000000160. The number of rotatable bonds is 6. The zero-order valence-electron chi connectivity index (χ0n) is 27.3. The predicted molar refractivity (Wildman–Crippen MR) is 228 cm³/mol. The molecule has 0 aliphatic rings. The number of hydrogen-bond acceptors (Lipinski definition) is 4. The van der Waals surface area contributed by atoms with Gasteiger partial charge in [-0.3, -0.25) is 0 Å². The summed E-state index contributed by atoms with van der Waals surface area (Å²) < 4.78 is 8.55. The van der Waals surface area contributed by atoms with E-state index in [4.69, 9.17) is 24.4 Å². The van der Waals surface area contributed by atoms with Crippen molar-refractivity contribution < 1.29 is 0 Å². The average Bonchev–Trinajstić information content (AvgIpc) is 3.68. The number of benzene rings is 5. The fraction of sp³-hybridized carbons (Fsp3) is 0.0769. The summed E-state index contributed by atoms with van der Waals surface area (Å²) in [5.41, 5.74) is -2.13. The minimum atomic E-state index is -1.73. The number of hydrogen-bond donors (Lipinski definition) is 0. The molecule has 0 aliphatic heterocycles. The van der Waals surface area contributed by atoms with Gasteiger partial charge >= 0.3 is 284 Å². The van der Waals surface area contributed by atoms with E-state index >= 15 is 0 Å². The molecule has 0 amide bonds. The van der Waals surface area contributed by atoms with E-state index in [0.29, 0.717) is 0 Å². The van der Waals surface area contributed by atoms with Crippen molar-refractivity contribution in [3.8, 4) is 0 Å². The van der Waals surface area contributed by atoms with Crippen LogP contribution in [0.5, 0.6) is 0 Å². The predicted octanol–water partition coefficient (Wildman–Crippen LogP) is 8.38. The van der Waals surface area contributed by atoms with Crippen LogP contribution in [0.1, 0.15) is 5.56 Å². The molecular formula is C39H36N2P2S4Se2. The second-order valence-electron chi connectivity index (χ2n) is 11.1. The van der Waals surface area contributed by atoms with E-state index in [1.54, 1.807) is 22.7 Å². The molecule has 2 heterocycles. The third kappa shape index (κ3) is 9.14. The molecule has 7 rings (SSSR count). The standard InChI is InChI=1S/2C16H14NPS2Se.C7H8/c2*1-17-12-15(20-16(17)19)18(21,13-8-4-2-5-9-13)14-10-6-3-7-11-14;1-7-5-3-2-4-6-7/h2*2-12H,1H3;2-6H,1H3. The number of thiazole rings is 2. The monoisotopic (exact) mass is 882 g/mol. The van der Waals surface area contributed by atoms with Gasteiger partial charge in [0.25, 0.3) is 0 Å². The number of nitrogens with zero attached hydrogens (tertiary/aromatic N) is 2. The van der Waals surface area contributed by atoms with Crippen molar-refractivity contribution in [1.29, 1.82) is 0 Å². The van der Waals surface area contributed by atoms with Crippen LogP contribution < -0.4 is 30.5 Å². The Bertz CT molecular complexity index is 2070. The normalized spacial score (nSPS) is 11.1. The summed E-state index contributed by atoms with van der Waals surface area (Å²) in [4.78, 5) is 0. The van der Waals surface area contributed by atoms with Crippen molar-refractivity contribution >= 4 is 119 Å². The Morgan fingerprint density at radius 3 is 0.878 bits per heavy atom. The van der Waals surface area contributed by atoms with Crippen molar-refractivity contribution in [2.75, 3.05) is 0 Å². The molecule has 0 bridgehead atoms. The Morgan fingerprint density at radius 2 is 0.694 bits per heavy atom. The van der Waals surface area contributed by atoms with Crippen LogP contribution in [0.4, 0.5) is 0 Å². The van der Waals surface area contributed by atoms with E-state index in [-0.39, 0.29) is 0 Å². The maximum atomic E-state index is 5.43. The molecule has 2 aromatic heterocycles. The van der Waals surface area contributed by atoms with Gasteiger partial charge in [-0.05, 0) is 6.92 Å². The van der Waals surface area contributed by atoms with E-state index in [0.717, 1.165) is 7.91 Å². The molecule has 248 valence electrons. The van der Waals surface area contributed by atoms with Crippen molar-refractivity contribution in [3.05, 3.63) is 178 Å². The fourth-order valence-electron chi connectivity index (χ4n) is 5.00. The summed E-state index contributed by atoms with van der Waals surface area (Å²) in [6.45, 7) is 2.08. The first-order chi connectivity index (χ1) is 23.6. The summed E-state index contributed by atoms with van der Waals surface area (Å²) in [5.74, 6) is 0. The number of aryl methyl sites for hydroxylation is 3.